The van der Waals surface area contributed by atoms with Gasteiger partial charge in [0.2, 0.25) is 0 Å². The van der Waals surface area contributed by atoms with Gasteiger partial charge in [-0.1, -0.05) is 11.3 Å². The quantitative estimate of drug-likeness (QED) is 0.868. The predicted molar refractivity (Wildman–Crippen MR) is 79.8 cm³/mol. The minimum atomic E-state index is -0.572. The van der Waals surface area contributed by atoms with Gasteiger partial charge < -0.3 is 9.47 Å². The van der Waals surface area contributed by atoms with Crippen molar-refractivity contribution in [2.45, 2.75) is 39.2 Å². The molecular formula is C14H20N2O4S. The molecule has 1 saturated heterocycles. The van der Waals surface area contributed by atoms with Crippen LogP contribution >= 0.6 is 11.3 Å². The molecule has 1 aliphatic heterocycles. The van der Waals surface area contributed by atoms with Crippen LogP contribution in [-0.2, 0) is 9.47 Å². The summed E-state index contributed by atoms with van der Waals surface area (Å²) in [5.74, 6) is -0.0713. The minimum Gasteiger partial charge on any atom is -0.444 e. The molecule has 0 radical (unpaired) electrons. The Kier molecular flexibility index (Phi) is 4.95. The molecular weight excluding hydrogens is 292 g/mol. The number of hydrogen-bond acceptors (Lipinski definition) is 6. The standard InChI is InChI=1S/C14H20N2O4S/c1-14(2,3)20-13(18)16-12-15-7-10(21-12)11(17)9-5-4-6-19-8-9/h7,9H,4-6,8H2,1-3H3,(H,15,16,18). The van der Waals surface area contributed by atoms with Crippen LogP contribution in [0.1, 0.15) is 43.3 Å². The monoisotopic (exact) mass is 312 g/mol. The van der Waals surface area contributed by atoms with Gasteiger partial charge in [0.1, 0.15) is 5.60 Å². The van der Waals surface area contributed by atoms with Crippen LogP contribution < -0.4 is 5.32 Å². The summed E-state index contributed by atoms with van der Waals surface area (Å²) < 4.78 is 10.5. The van der Waals surface area contributed by atoms with Crippen LogP contribution in [0.25, 0.3) is 0 Å². The number of ether oxygens (including phenoxy) is 2. The zero-order chi connectivity index (χ0) is 15.5. The first-order valence-electron chi connectivity index (χ1n) is 6.93. The van der Waals surface area contributed by atoms with Crippen LogP contribution in [0.4, 0.5) is 9.93 Å². The molecule has 1 amide bonds. The molecule has 2 heterocycles. The van der Waals surface area contributed by atoms with Gasteiger partial charge in [0.25, 0.3) is 0 Å². The molecule has 6 nitrogen and oxygen atoms in total. The number of nitrogens with zero attached hydrogens (tertiary/aromatic N) is 1. The van der Waals surface area contributed by atoms with Gasteiger partial charge >= 0.3 is 6.09 Å². The maximum absolute atomic E-state index is 12.3. The van der Waals surface area contributed by atoms with E-state index in [0.29, 0.717) is 16.6 Å². The summed E-state index contributed by atoms with van der Waals surface area (Å²) in [7, 11) is 0. The first kappa shape index (κ1) is 15.9. The number of Topliss-reactive ketones (excluding diaryl/α,β-unsaturated/α-hetero) is 1. The third kappa shape index (κ3) is 4.78. The van der Waals surface area contributed by atoms with E-state index in [0.717, 1.165) is 30.8 Å². The fraction of sp³-hybridized carbons (Fsp3) is 0.643. The second kappa shape index (κ2) is 6.53. The molecule has 1 fully saturated rings. The van der Waals surface area contributed by atoms with E-state index in [-0.39, 0.29) is 11.7 Å². The summed E-state index contributed by atoms with van der Waals surface area (Å²) in [6, 6.07) is 0. The van der Waals surface area contributed by atoms with E-state index >= 15 is 0 Å². The van der Waals surface area contributed by atoms with Crippen molar-refractivity contribution in [2.24, 2.45) is 5.92 Å². The van der Waals surface area contributed by atoms with Gasteiger partial charge in [-0.25, -0.2) is 9.78 Å². The van der Waals surface area contributed by atoms with E-state index in [2.05, 4.69) is 10.3 Å². The average molecular weight is 312 g/mol. The number of thiazole rings is 1. The van der Waals surface area contributed by atoms with Crippen LogP contribution in [-0.4, -0.2) is 35.7 Å². The highest BCUT2D eigenvalue weighted by atomic mass is 32.1. The third-order valence-electron chi connectivity index (χ3n) is 2.89. The molecule has 21 heavy (non-hydrogen) atoms. The Hall–Kier alpha value is -1.47. The van der Waals surface area contributed by atoms with E-state index in [4.69, 9.17) is 9.47 Å². The van der Waals surface area contributed by atoms with E-state index in [1.165, 1.54) is 6.20 Å². The highest BCUT2D eigenvalue weighted by Crippen LogP contribution is 2.25. The van der Waals surface area contributed by atoms with Crippen molar-refractivity contribution in [1.82, 2.24) is 4.98 Å². The van der Waals surface area contributed by atoms with Gasteiger partial charge in [0, 0.05) is 12.5 Å². The minimum absolute atomic E-state index is 0.0319. The fourth-order valence-corrected chi connectivity index (χ4v) is 2.81. The second-order valence-electron chi connectivity index (χ2n) is 5.93. The lowest BCUT2D eigenvalue weighted by molar-refractivity contribution is 0.0463. The molecule has 0 aliphatic carbocycles. The first-order valence-corrected chi connectivity index (χ1v) is 7.74. The molecule has 1 aliphatic rings. The van der Waals surface area contributed by atoms with Gasteiger partial charge in [-0.05, 0) is 33.6 Å². The summed E-state index contributed by atoms with van der Waals surface area (Å²) in [4.78, 5) is 28.5. The van der Waals surface area contributed by atoms with Gasteiger partial charge in [-0.3, -0.25) is 10.1 Å². The molecule has 0 bridgehead atoms. The molecule has 2 rings (SSSR count). The fourth-order valence-electron chi connectivity index (χ4n) is 1.99. The number of nitrogens with one attached hydrogen (secondary N) is 1. The van der Waals surface area contributed by atoms with E-state index in [9.17, 15) is 9.59 Å². The molecule has 7 heteroatoms. The number of ketones is 1. The van der Waals surface area contributed by atoms with Crippen molar-refractivity contribution in [1.29, 1.82) is 0 Å². The van der Waals surface area contributed by atoms with E-state index < -0.39 is 11.7 Å². The Morgan fingerprint density at radius 2 is 2.24 bits per heavy atom. The number of aromatic nitrogens is 1. The van der Waals surface area contributed by atoms with Crippen molar-refractivity contribution in [3.05, 3.63) is 11.1 Å². The Morgan fingerprint density at radius 1 is 1.48 bits per heavy atom. The van der Waals surface area contributed by atoms with Gasteiger partial charge in [-0.15, -0.1) is 0 Å². The topological polar surface area (TPSA) is 77.5 Å². The SMILES string of the molecule is CC(C)(C)OC(=O)Nc1ncc(C(=O)C2CCCOC2)s1. The second-order valence-corrected chi connectivity index (χ2v) is 6.97. The maximum Gasteiger partial charge on any atom is 0.413 e. The van der Waals surface area contributed by atoms with Crippen LogP contribution in [0.15, 0.2) is 6.20 Å². The maximum atomic E-state index is 12.3. The number of hydrogen-bond donors (Lipinski definition) is 1. The lowest BCUT2D eigenvalue weighted by atomic mass is 9.97. The molecule has 1 aromatic rings. The Bertz CT molecular complexity index is 515. The molecule has 0 saturated carbocycles. The van der Waals surface area contributed by atoms with Crippen LogP contribution in [0.3, 0.4) is 0 Å². The summed E-state index contributed by atoms with van der Waals surface area (Å²) >= 11 is 1.16. The lowest BCUT2D eigenvalue weighted by Crippen LogP contribution is -2.27. The summed E-state index contributed by atoms with van der Waals surface area (Å²) in [6.07, 6.45) is 2.66. The normalized spacial score (nSPS) is 19.1. The predicted octanol–water partition coefficient (Wildman–Crippen LogP) is 3.10. The number of carbonyl (C=O) groups is 2. The van der Waals surface area contributed by atoms with Crippen molar-refractivity contribution in [2.75, 3.05) is 18.5 Å². The molecule has 1 aromatic heterocycles. The highest BCUT2D eigenvalue weighted by molar-refractivity contribution is 7.17. The summed E-state index contributed by atoms with van der Waals surface area (Å²) in [5.41, 5.74) is -0.570. The van der Waals surface area contributed by atoms with E-state index in [1.807, 2.05) is 0 Å². The van der Waals surface area contributed by atoms with Crippen LogP contribution in [0.2, 0.25) is 0 Å². The van der Waals surface area contributed by atoms with Crippen molar-refractivity contribution < 1.29 is 19.1 Å². The molecule has 116 valence electrons. The summed E-state index contributed by atoms with van der Waals surface area (Å²) in [6.45, 7) is 6.54. The number of amides is 1. The molecule has 1 unspecified atom stereocenters. The molecule has 0 aromatic carbocycles. The largest absolute Gasteiger partial charge is 0.444 e. The van der Waals surface area contributed by atoms with Gasteiger partial charge in [0.15, 0.2) is 10.9 Å². The van der Waals surface area contributed by atoms with Crippen molar-refractivity contribution >= 4 is 28.3 Å². The lowest BCUT2D eigenvalue weighted by Gasteiger charge is -2.19. The van der Waals surface area contributed by atoms with Crippen molar-refractivity contribution in [3.63, 3.8) is 0 Å². The van der Waals surface area contributed by atoms with Crippen LogP contribution in [0.5, 0.6) is 0 Å². The van der Waals surface area contributed by atoms with Crippen LogP contribution in [0, 0.1) is 5.92 Å². The first-order chi connectivity index (χ1) is 9.85. The number of carbonyl (C=O) groups excluding carboxylic acids is 2. The summed E-state index contributed by atoms with van der Waals surface area (Å²) in [5, 5.41) is 2.90. The highest BCUT2D eigenvalue weighted by Gasteiger charge is 2.25. The molecule has 0 spiro atoms. The molecule has 1 atom stereocenters. The van der Waals surface area contributed by atoms with Crippen molar-refractivity contribution in [3.8, 4) is 0 Å². The van der Waals surface area contributed by atoms with Gasteiger partial charge in [-0.2, -0.15) is 0 Å². The number of anilines is 1. The number of rotatable bonds is 3. The Morgan fingerprint density at radius 3 is 2.86 bits per heavy atom. The average Bonchev–Trinajstić information content (AvgIpc) is 2.85. The smallest absolute Gasteiger partial charge is 0.413 e. The van der Waals surface area contributed by atoms with E-state index in [1.54, 1.807) is 20.8 Å². The Labute approximate surface area is 127 Å². The third-order valence-corrected chi connectivity index (χ3v) is 3.81. The zero-order valence-electron chi connectivity index (χ0n) is 12.5. The zero-order valence-corrected chi connectivity index (χ0v) is 13.3. The molecule has 1 N–H and O–H groups in total. The Balaban J connectivity index is 1.94. The van der Waals surface area contributed by atoms with Gasteiger partial charge in [0.05, 0.1) is 17.7 Å².